The normalized spacial score (nSPS) is 19.0. The van der Waals surface area contributed by atoms with Gasteiger partial charge in [-0.25, -0.2) is 4.39 Å². The van der Waals surface area contributed by atoms with Gasteiger partial charge in [-0.15, -0.1) is 11.3 Å². The second-order valence-electron chi connectivity index (χ2n) is 5.98. The fourth-order valence-corrected chi connectivity index (χ4v) is 3.39. The van der Waals surface area contributed by atoms with E-state index in [2.05, 4.69) is 10.6 Å². The molecule has 4 N–H and O–H groups in total. The number of aliphatic hydroxyl groups excluding tert-OH is 2. The van der Waals surface area contributed by atoms with Crippen LogP contribution in [0.3, 0.4) is 0 Å². The lowest BCUT2D eigenvalue weighted by molar-refractivity contribution is -0.152. The number of nitrogens with zero attached hydrogens (tertiary/aromatic N) is 1. The number of amides is 3. The van der Waals surface area contributed by atoms with E-state index in [4.69, 9.17) is 0 Å². The molecule has 26 heavy (non-hydrogen) atoms. The van der Waals surface area contributed by atoms with Gasteiger partial charge < -0.3 is 25.7 Å². The average Bonchev–Trinajstić information content (AvgIpc) is 3.31. The Labute approximate surface area is 154 Å². The third-order valence-electron chi connectivity index (χ3n) is 4.06. The van der Waals surface area contributed by atoms with Crippen molar-refractivity contribution in [2.24, 2.45) is 0 Å². The van der Waals surface area contributed by atoms with Gasteiger partial charge in [-0.3, -0.25) is 14.4 Å². The number of hydrogen-bond donors (Lipinski definition) is 4. The molecule has 10 heteroatoms. The lowest BCUT2D eigenvalue weighted by atomic mass is 10.1. The average molecular weight is 387 g/mol. The Bertz CT molecular complexity index is 627. The molecular formula is C16H22FN3O5S. The summed E-state index contributed by atoms with van der Waals surface area (Å²) in [5.41, 5.74) is 0. The summed E-state index contributed by atoms with van der Waals surface area (Å²) in [6.07, 6.45) is -2.78. The molecule has 1 aromatic rings. The van der Waals surface area contributed by atoms with E-state index in [0.717, 1.165) is 4.88 Å². The minimum Gasteiger partial charge on any atom is -0.380 e. The van der Waals surface area contributed by atoms with Gasteiger partial charge in [-0.2, -0.15) is 0 Å². The third kappa shape index (κ3) is 5.48. The molecule has 0 radical (unpaired) electrons. The predicted molar refractivity (Wildman–Crippen MR) is 92.1 cm³/mol. The van der Waals surface area contributed by atoms with E-state index in [1.165, 1.54) is 16.2 Å². The number of halogens is 1. The van der Waals surface area contributed by atoms with Crippen LogP contribution in [0.15, 0.2) is 17.5 Å². The maximum Gasteiger partial charge on any atom is 0.254 e. The van der Waals surface area contributed by atoms with Gasteiger partial charge in [0, 0.05) is 30.6 Å². The van der Waals surface area contributed by atoms with Gasteiger partial charge in [0.1, 0.15) is 0 Å². The molecule has 0 bridgehead atoms. The Kier molecular flexibility index (Phi) is 7.49. The standard InChI is InChI=1S/C16H22FN3O5S/c17-8-12(21)19-10-4-6-20(9-10)16(25)14(23)13(22)15(24)18-5-3-11-2-1-7-26-11/h1-2,7,10,13-14,22-23H,3-6,8-9H2,(H,18,24)(H,19,21)/t10-,13+,14+/m0/s1. The minimum absolute atomic E-state index is 0.0916. The second kappa shape index (κ2) is 9.60. The lowest BCUT2D eigenvalue weighted by Gasteiger charge is -2.23. The summed E-state index contributed by atoms with van der Waals surface area (Å²) in [4.78, 5) is 37.4. The van der Waals surface area contributed by atoms with Crippen molar-refractivity contribution in [3.8, 4) is 0 Å². The predicted octanol–water partition coefficient (Wildman–Crippen LogP) is -1.18. The zero-order valence-electron chi connectivity index (χ0n) is 14.1. The smallest absolute Gasteiger partial charge is 0.254 e. The SMILES string of the molecule is O=C(CF)N[C@H]1CCN(C(=O)[C@H](O)[C@@H](O)C(=O)NCCc2cccs2)C1. The zero-order valence-corrected chi connectivity index (χ0v) is 14.9. The summed E-state index contributed by atoms with van der Waals surface area (Å²) >= 11 is 1.54. The van der Waals surface area contributed by atoms with Crippen molar-refractivity contribution in [2.75, 3.05) is 26.3 Å². The van der Waals surface area contributed by atoms with Crippen molar-refractivity contribution in [3.05, 3.63) is 22.4 Å². The molecule has 1 aliphatic rings. The monoisotopic (exact) mass is 387 g/mol. The summed E-state index contributed by atoms with van der Waals surface area (Å²) in [6, 6.07) is 3.39. The number of carbonyl (C=O) groups is 3. The molecule has 1 aromatic heterocycles. The molecule has 8 nitrogen and oxygen atoms in total. The summed E-state index contributed by atoms with van der Waals surface area (Å²) in [5, 5.41) is 26.7. The highest BCUT2D eigenvalue weighted by atomic mass is 32.1. The molecule has 0 saturated carbocycles. The fraction of sp³-hybridized carbons (Fsp3) is 0.562. The van der Waals surface area contributed by atoms with Crippen molar-refractivity contribution in [2.45, 2.75) is 31.1 Å². The summed E-state index contributed by atoms with van der Waals surface area (Å²) in [7, 11) is 0. The van der Waals surface area contributed by atoms with Gasteiger partial charge in [0.25, 0.3) is 17.7 Å². The van der Waals surface area contributed by atoms with Crippen LogP contribution in [0.25, 0.3) is 0 Å². The van der Waals surface area contributed by atoms with Crippen molar-refractivity contribution in [1.82, 2.24) is 15.5 Å². The first-order valence-electron chi connectivity index (χ1n) is 8.22. The number of rotatable bonds is 8. The Balaban J connectivity index is 1.77. The van der Waals surface area contributed by atoms with Crippen LogP contribution >= 0.6 is 11.3 Å². The van der Waals surface area contributed by atoms with Crippen molar-refractivity contribution in [3.63, 3.8) is 0 Å². The Morgan fingerprint density at radius 2 is 2.12 bits per heavy atom. The maximum absolute atomic E-state index is 12.2. The molecule has 144 valence electrons. The van der Waals surface area contributed by atoms with Crippen molar-refractivity contribution < 1.29 is 29.0 Å². The summed E-state index contributed by atoms with van der Waals surface area (Å²) in [5.74, 6) is -2.40. The molecule has 2 heterocycles. The van der Waals surface area contributed by atoms with Gasteiger partial charge in [-0.1, -0.05) is 6.07 Å². The van der Waals surface area contributed by atoms with E-state index in [1.54, 1.807) is 0 Å². The number of aliphatic hydroxyl groups is 2. The number of hydrogen-bond acceptors (Lipinski definition) is 6. The molecule has 3 atom stereocenters. The van der Waals surface area contributed by atoms with Gasteiger partial charge in [0.05, 0.1) is 0 Å². The summed E-state index contributed by atoms with van der Waals surface area (Å²) < 4.78 is 12.2. The van der Waals surface area contributed by atoms with Crippen LogP contribution in [-0.2, 0) is 20.8 Å². The fourth-order valence-electron chi connectivity index (χ4n) is 2.68. The van der Waals surface area contributed by atoms with Gasteiger partial charge in [-0.05, 0) is 24.3 Å². The van der Waals surface area contributed by atoms with Gasteiger partial charge >= 0.3 is 0 Å². The van der Waals surface area contributed by atoms with E-state index in [9.17, 15) is 29.0 Å². The molecule has 0 aliphatic carbocycles. The molecular weight excluding hydrogens is 365 g/mol. The quantitative estimate of drug-likeness (QED) is 0.448. The number of thiophene rings is 1. The first-order chi connectivity index (χ1) is 12.4. The Morgan fingerprint density at radius 1 is 1.35 bits per heavy atom. The molecule has 0 aromatic carbocycles. The molecule has 3 amide bonds. The topological polar surface area (TPSA) is 119 Å². The minimum atomic E-state index is -1.90. The number of likely N-dealkylation sites (tertiary alicyclic amines) is 1. The van der Waals surface area contributed by atoms with Crippen LogP contribution in [0.1, 0.15) is 11.3 Å². The second-order valence-corrected chi connectivity index (χ2v) is 7.01. The van der Waals surface area contributed by atoms with E-state index < -0.39 is 42.6 Å². The molecule has 1 fully saturated rings. The molecule has 0 unspecified atom stereocenters. The van der Waals surface area contributed by atoms with E-state index in [-0.39, 0.29) is 19.6 Å². The number of alkyl halides is 1. The van der Waals surface area contributed by atoms with Crippen LogP contribution < -0.4 is 10.6 Å². The highest BCUT2D eigenvalue weighted by Crippen LogP contribution is 2.12. The first kappa shape index (κ1) is 20.3. The Hall–Kier alpha value is -2.04. The van der Waals surface area contributed by atoms with Crippen LogP contribution in [0.2, 0.25) is 0 Å². The van der Waals surface area contributed by atoms with Crippen LogP contribution in [0.5, 0.6) is 0 Å². The summed E-state index contributed by atoms with van der Waals surface area (Å²) in [6.45, 7) is -0.538. The molecule has 2 rings (SSSR count). The number of nitrogens with one attached hydrogen (secondary N) is 2. The van der Waals surface area contributed by atoms with Crippen molar-refractivity contribution >= 4 is 29.1 Å². The Morgan fingerprint density at radius 3 is 2.77 bits per heavy atom. The van der Waals surface area contributed by atoms with E-state index in [0.29, 0.717) is 12.8 Å². The van der Waals surface area contributed by atoms with Crippen LogP contribution in [0, 0.1) is 0 Å². The molecule has 0 spiro atoms. The zero-order chi connectivity index (χ0) is 19.1. The molecule has 1 saturated heterocycles. The van der Waals surface area contributed by atoms with Crippen LogP contribution in [-0.4, -0.2) is 77.4 Å². The van der Waals surface area contributed by atoms with Crippen molar-refractivity contribution in [1.29, 1.82) is 0 Å². The highest BCUT2D eigenvalue weighted by molar-refractivity contribution is 7.09. The number of carbonyl (C=O) groups excluding carboxylic acids is 3. The largest absolute Gasteiger partial charge is 0.380 e. The van der Waals surface area contributed by atoms with E-state index >= 15 is 0 Å². The molecule has 1 aliphatic heterocycles. The van der Waals surface area contributed by atoms with Crippen LogP contribution in [0.4, 0.5) is 4.39 Å². The highest BCUT2D eigenvalue weighted by Gasteiger charge is 2.36. The first-order valence-corrected chi connectivity index (χ1v) is 9.10. The van der Waals surface area contributed by atoms with Gasteiger partial charge in [0.2, 0.25) is 0 Å². The maximum atomic E-state index is 12.2. The van der Waals surface area contributed by atoms with Gasteiger partial charge in [0.15, 0.2) is 18.9 Å². The third-order valence-corrected chi connectivity index (χ3v) is 4.99. The van der Waals surface area contributed by atoms with E-state index in [1.807, 2.05) is 17.5 Å². The lowest BCUT2D eigenvalue weighted by Crippen LogP contribution is -2.51.